The molecule has 4 N–H and O–H groups in total. The zero-order valence-electron chi connectivity index (χ0n) is 20.6. The van der Waals surface area contributed by atoms with Crippen molar-refractivity contribution in [3.05, 3.63) is 60.0 Å². The number of nitrogens with zero attached hydrogens (tertiary/aromatic N) is 1. The summed E-state index contributed by atoms with van der Waals surface area (Å²) in [7, 11) is 2.76. The highest BCUT2D eigenvalue weighted by molar-refractivity contribution is 6.01. The standard InChI is InChI=1S/C26H29N5O6/c1-36-22-7-3-6-18-17(22)13-20(29-18)25(34)30-19(11-15-5-4-9-27-14-15)24(33)31-21(26(35)37-2)12-16-8-10-28-23(16)32/h3-7,9,13-14,16,19,21,29H,8,10-12H2,1-2H3,(H,28,32)(H,30,34)(H,31,33)/t16-,19?,21?/m0/s1. The molecule has 0 aliphatic carbocycles. The largest absolute Gasteiger partial charge is 0.496 e. The second-order valence-corrected chi connectivity index (χ2v) is 8.79. The van der Waals surface area contributed by atoms with E-state index in [1.807, 2.05) is 6.07 Å². The van der Waals surface area contributed by atoms with E-state index in [0.29, 0.717) is 29.8 Å². The Bertz CT molecular complexity index is 1290. The lowest BCUT2D eigenvalue weighted by Crippen LogP contribution is -2.53. The van der Waals surface area contributed by atoms with Gasteiger partial charge in [-0.1, -0.05) is 12.1 Å². The first-order valence-corrected chi connectivity index (χ1v) is 11.9. The van der Waals surface area contributed by atoms with Crippen molar-refractivity contribution in [2.24, 2.45) is 5.92 Å². The number of fused-ring (bicyclic) bond motifs is 1. The first kappa shape index (κ1) is 25.7. The molecule has 37 heavy (non-hydrogen) atoms. The predicted molar refractivity (Wildman–Crippen MR) is 134 cm³/mol. The van der Waals surface area contributed by atoms with Gasteiger partial charge in [0.15, 0.2) is 0 Å². The lowest BCUT2D eigenvalue weighted by Gasteiger charge is -2.23. The van der Waals surface area contributed by atoms with E-state index in [2.05, 4.69) is 25.9 Å². The molecule has 1 saturated heterocycles. The summed E-state index contributed by atoms with van der Waals surface area (Å²) >= 11 is 0. The highest BCUT2D eigenvalue weighted by atomic mass is 16.5. The van der Waals surface area contributed by atoms with E-state index >= 15 is 0 Å². The number of esters is 1. The molecule has 11 nitrogen and oxygen atoms in total. The first-order valence-electron chi connectivity index (χ1n) is 11.9. The van der Waals surface area contributed by atoms with Crippen LogP contribution in [-0.4, -0.2) is 66.5 Å². The van der Waals surface area contributed by atoms with Gasteiger partial charge in [-0.25, -0.2) is 4.79 Å². The molecule has 0 saturated carbocycles. The van der Waals surface area contributed by atoms with Gasteiger partial charge < -0.3 is 30.4 Å². The van der Waals surface area contributed by atoms with Crippen LogP contribution in [-0.2, 0) is 25.5 Å². The highest BCUT2D eigenvalue weighted by Crippen LogP contribution is 2.26. The van der Waals surface area contributed by atoms with Crippen LogP contribution >= 0.6 is 0 Å². The summed E-state index contributed by atoms with van der Waals surface area (Å²) in [5, 5.41) is 8.89. The van der Waals surface area contributed by atoms with Gasteiger partial charge in [0.2, 0.25) is 11.8 Å². The highest BCUT2D eigenvalue weighted by Gasteiger charge is 2.34. The molecule has 11 heteroatoms. The van der Waals surface area contributed by atoms with E-state index in [4.69, 9.17) is 9.47 Å². The lowest BCUT2D eigenvalue weighted by atomic mass is 9.97. The predicted octanol–water partition coefficient (Wildman–Crippen LogP) is 1.10. The Balaban J connectivity index is 1.55. The molecule has 3 atom stereocenters. The Hall–Kier alpha value is -4.41. The number of aromatic nitrogens is 2. The van der Waals surface area contributed by atoms with Crippen molar-refractivity contribution in [1.82, 2.24) is 25.9 Å². The maximum absolute atomic E-state index is 13.4. The second-order valence-electron chi connectivity index (χ2n) is 8.79. The summed E-state index contributed by atoms with van der Waals surface area (Å²) in [5.41, 5.74) is 1.67. The van der Waals surface area contributed by atoms with Gasteiger partial charge in [0.05, 0.1) is 14.2 Å². The Labute approximate surface area is 213 Å². The van der Waals surface area contributed by atoms with Crippen LogP contribution in [0.4, 0.5) is 0 Å². The zero-order chi connectivity index (χ0) is 26.4. The van der Waals surface area contributed by atoms with Crippen LogP contribution in [0.2, 0.25) is 0 Å². The second kappa shape index (κ2) is 11.5. The molecule has 1 aromatic carbocycles. The molecule has 1 fully saturated rings. The number of nitrogens with one attached hydrogen (secondary N) is 4. The molecule has 3 amide bonds. The molecule has 194 valence electrons. The average molecular weight is 508 g/mol. The van der Waals surface area contributed by atoms with Crippen molar-refractivity contribution in [3.8, 4) is 5.75 Å². The average Bonchev–Trinajstić information content (AvgIpc) is 3.53. The summed E-state index contributed by atoms with van der Waals surface area (Å²) < 4.78 is 10.2. The monoisotopic (exact) mass is 507 g/mol. The van der Waals surface area contributed by atoms with Gasteiger partial charge in [-0.05, 0) is 42.7 Å². The van der Waals surface area contributed by atoms with Crippen molar-refractivity contribution in [2.45, 2.75) is 31.3 Å². The number of H-pyrrole nitrogens is 1. The van der Waals surface area contributed by atoms with Gasteiger partial charge in [-0.2, -0.15) is 0 Å². The number of amides is 3. The molecule has 1 aliphatic heterocycles. The molecule has 3 heterocycles. The number of aromatic amines is 1. The Morgan fingerprint density at radius 2 is 1.97 bits per heavy atom. The summed E-state index contributed by atoms with van der Waals surface area (Å²) in [4.78, 5) is 58.2. The van der Waals surface area contributed by atoms with E-state index in [9.17, 15) is 19.2 Å². The maximum Gasteiger partial charge on any atom is 0.328 e. The Morgan fingerprint density at radius 1 is 1.14 bits per heavy atom. The number of hydrogen-bond acceptors (Lipinski definition) is 7. The van der Waals surface area contributed by atoms with Crippen LogP contribution in [0, 0.1) is 5.92 Å². The van der Waals surface area contributed by atoms with Gasteiger partial charge in [-0.3, -0.25) is 19.4 Å². The summed E-state index contributed by atoms with van der Waals surface area (Å²) in [6.45, 7) is 0.514. The van der Waals surface area contributed by atoms with Gasteiger partial charge >= 0.3 is 5.97 Å². The zero-order valence-corrected chi connectivity index (χ0v) is 20.6. The summed E-state index contributed by atoms with van der Waals surface area (Å²) in [5.74, 6) is -1.74. The third kappa shape index (κ3) is 6.05. The van der Waals surface area contributed by atoms with Crippen molar-refractivity contribution in [2.75, 3.05) is 20.8 Å². The van der Waals surface area contributed by atoms with Gasteiger partial charge in [-0.15, -0.1) is 0 Å². The third-order valence-electron chi connectivity index (χ3n) is 6.36. The van der Waals surface area contributed by atoms with E-state index < -0.39 is 35.8 Å². The number of benzene rings is 1. The SMILES string of the molecule is COC(=O)C(C[C@@H]1CCNC1=O)NC(=O)C(Cc1cccnc1)NC(=O)c1cc2c(OC)cccc2[nH]1. The summed E-state index contributed by atoms with van der Waals surface area (Å²) in [6.07, 6.45) is 3.99. The van der Waals surface area contributed by atoms with Crippen molar-refractivity contribution >= 4 is 34.6 Å². The van der Waals surface area contributed by atoms with Crippen LogP contribution in [0.25, 0.3) is 10.9 Å². The summed E-state index contributed by atoms with van der Waals surface area (Å²) in [6, 6.07) is 8.49. The number of methoxy groups -OCH3 is 2. The van der Waals surface area contributed by atoms with Crippen LogP contribution in [0.15, 0.2) is 48.8 Å². The normalized spacial score (nSPS) is 16.5. The van der Waals surface area contributed by atoms with E-state index in [1.54, 1.807) is 49.8 Å². The van der Waals surface area contributed by atoms with E-state index in [-0.39, 0.29) is 24.4 Å². The molecule has 0 bridgehead atoms. The van der Waals surface area contributed by atoms with Crippen molar-refractivity contribution in [1.29, 1.82) is 0 Å². The molecule has 1 aliphatic rings. The van der Waals surface area contributed by atoms with Crippen molar-refractivity contribution in [3.63, 3.8) is 0 Å². The minimum atomic E-state index is -1.04. The molecular weight excluding hydrogens is 478 g/mol. The van der Waals surface area contributed by atoms with Crippen LogP contribution < -0.4 is 20.7 Å². The smallest absolute Gasteiger partial charge is 0.328 e. The lowest BCUT2D eigenvalue weighted by molar-refractivity contribution is -0.146. The van der Waals surface area contributed by atoms with Crippen LogP contribution in [0.1, 0.15) is 28.9 Å². The Kier molecular flexibility index (Phi) is 8.02. The number of carbonyl (C=O) groups excluding carboxylic acids is 4. The first-order chi connectivity index (χ1) is 17.9. The van der Waals surface area contributed by atoms with Crippen LogP contribution in [0.5, 0.6) is 5.75 Å². The van der Waals surface area contributed by atoms with Gasteiger partial charge in [0.25, 0.3) is 5.91 Å². The number of carbonyl (C=O) groups is 4. The minimum Gasteiger partial charge on any atom is -0.496 e. The number of rotatable bonds is 10. The molecule has 3 aromatic rings. The van der Waals surface area contributed by atoms with Crippen molar-refractivity contribution < 1.29 is 28.7 Å². The topological polar surface area (TPSA) is 152 Å². The maximum atomic E-state index is 13.4. The van der Waals surface area contributed by atoms with Gasteiger partial charge in [0, 0.05) is 42.2 Å². The fourth-order valence-electron chi connectivity index (χ4n) is 4.41. The quantitative estimate of drug-likeness (QED) is 0.300. The van der Waals surface area contributed by atoms with Gasteiger partial charge in [0.1, 0.15) is 23.5 Å². The van der Waals surface area contributed by atoms with E-state index in [1.165, 1.54) is 7.11 Å². The number of hydrogen-bond donors (Lipinski definition) is 4. The minimum absolute atomic E-state index is 0.0968. The molecule has 2 aromatic heterocycles. The van der Waals surface area contributed by atoms with E-state index in [0.717, 1.165) is 5.39 Å². The number of pyridine rings is 1. The molecular formula is C26H29N5O6. The fraction of sp³-hybridized carbons (Fsp3) is 0.346. The fourth-order valence-corrected chi connectivity index (χ4v) is 4.41. The molecule has 2 unspecified atom stereocenters. The number of ether oxygens (including phenoxy) is 2. The molecule has 0 spiro atoms. The Morgan fingerprint density at radius 3 is 2.65 bits per heavy atom. The third-order valence-corrected chi connectivity index (χ3v) is 6.36. The molecule has 4 rings (SSSR count). The van der Waals surface area contributed by atoms with Crippen LogP contribution in [0.3, 0.4) is 0 Å². The molecule has 0 radical (unpaired) electrons.